The normalized spacial score (nSPS) is 12.1. The molecule has 0 fully saturated rings. The van der Waals surface area contributed by atoms with E-state index < -0.39 is 0 Å². The molecule has 3 nitrogen and oxygen atoms in total. The third-order valence-corrected chi connectivity index (χ3v) is 5.30. The molecule has 1 N–H and O–H groups in total. The van der Waals surface area contributed by atoms with Gasteiger partial charge >= 0.3 is 0 Å². The lowest BCUT2D eigenvalue weighted by Gasteiger charge is -2.17. The molecule has 146 valence electrons. The fourth-order valence-corrected chi connectivity index (χ4v) is 3.81. The Bertz CT molecular complexity index is 1120. The number of nitrogens with one attached hydrogen (secondary N) is 1. The molecule has 0 aliphatic carbocycles. The lowest BCUT2D eigenvalue weighted by molar-refractivity contribution is -0.121. The van der Waals surface area contributed by atoms with E-state index in [4.69, 9.17) is 0 Å². The highest BCUT2D eigenvalue weighted by atomic mass is 19.1. The molecular weight excluding hydrogens is 363 g/mol. The van der Waals surface area contributed by atoms with E-state index in [1.165, 1.54) is 12.1 Å². The SMILES string of the molecule is Cn1cc([C@@H](CC(=O)NCc2ccccc2)c2ccc(F)cc2)c2ccccc21. The number of amides is 1. The van der Waals surface area contributed by atoms with Gasteiger partial charge in [-0.05, 0) is 34.9 Å². The Morgan fingerprint density at radius 3 is 2.41 bits per heavy atom. The molecule has 0 saturated heterocycles. The second kappa shape index (κ2) is 8.31. The van der Waals surface area contributed by atoms with Crippen molar-refractivity contribution < 1.29 is 9.18 Å². The highest BCUT2D eigenvalue weighted by Crippen LogP contribution is 2.34. The third-order valence-electron chi connectivity index (χ3n) is 5.30. The number of para-hydroxylation sites is 1. The summed E-state index contributed by atoms with van der Waals surface area (Å²) in [6.45, 7) is 0.491. The zero-order valence-electron chi connectivity index (χ0n) is 16.3. The predicted octanol–water partition coefficient (Wildman–Crippen LogP) is 5.16. The Hall–Kier alpha value is -3.40. The highest BCUT2D eigenvalue weighted by Gasteiger charge is 2.22. The summed E-state index contributed by atoms with van der Waals surface area (Å²) in [7, 11) is 2.00. The maximum absolute atomic E-state index is 13.5. The van der Waals surface area contributed by atoms with E-state index >= 15 is 0 Å². The minimum Gasteiger partial charge on any atom is -0.352 e. The van der Waals surface area contributed by atoms with E-state index in [0.29, 0.717) is 13.0 Å². The smallest absolute Gasteiger partial charge is 0.221 e. The number of halogens is 1. The van der Waals surface area contributed by atoms with Gasteiger partial charge in [0.1, 0.15) is 5.82 Å². The molecule has 4 rings (SSSR count). The average Bonchev–Trinajstić information content (AvgIpc) is 3.09. The van der Waals surface area contributed by atoms with Gasteiger partial charge in [-0.25, -0.2) is 4.39 Å². The van der Waals surface area contributed by atoms with Crippen LogP contribution in [0.15, 0.2) is 85.1 Å². The lowest BCUT2D eigenvalue weighted by Crippen LogP contribution is -2.25. The minimum absolute atomic E-state index is 0.0314. The summed E-state index contributed by atoms with van der Waals surface area (Å²) in [5, 5.41) is 4.13. The van der Waals surface area contributed by atoms with Crippen molar-refractivity contribution in [1.29, 1.82) is 0 Å². The van der Waals surface area contributed by atoms with Crippen LogP contribution >= 0.6 is 0 Å². The summed E-state index contributed by atoms with van der Waals surface area (Å²) in [5.74, 6) is -0.465. The molecule has 0 aliphatic heterocycles. The van der Waals surface area contributed by atoms with Gasteiger partial charge in [0.25, 0.3) is 0 Å². The summed E-state index contributed by atoms with van der Waals surface area (Å²) in [4.78, 5) is 12.8. The van der Waals surface area contributed by atoms with Crippen LogP contribution in [-0.4, -0.2) is 10.5 Å². The van der Waals surface area contributed by atoms with Crippen LogP contribution < -0.4 is 5.32 Å². The first-order valence-corrected chi connectivity index (χ1v) is 9.72. The van der Waals surface area contributed by atoms with Crippen LogP contribution in [0, 0.1) is 5.82 Å². The van der Waals surface area contributed by atoms with Crippen LogP contribution in [-0.2, 0) is 18.4 Å². The minimum atomic E-state index is -0.279. The molecular formula is C25H23FN2O. The summed E-state index contributed by atoms with van der Waals surface area (Å²) in [5.41, 5.74) is 4.17. The van der Waals surface area contributed by atoms with Gasteiger partial charge in [0.2, 0.25) is 5.91 Å². The largest absolute Gasteiger partial charge is 0.352 e. The molecule has 1 atom stereocenters. The van der Waals surface area contributed by atoms with Crippen molar-refractivity contribution in [2.75, 3.05) is 0 Å². The molecule has 1 aromatic heterocycles. The van der Waals surface area contributed by atoms with Crippen molar-refractivity contribution in [1.82, 2.24) is 9.88 Å². The molecule has 0 aliphatic rings. The van der Waals surface area contributed by atoms with Crippen LogP contribution in [0.5, 0.6) is 0 Å². The number of hydrogen-bond acceptors (Lipinski definition) is 1. The Morgan fingerprint density at radius 1 is 0.966 bits per heavy atom. The molecule has 0 unspecified atom stereocenters. The topological polar surface area (TPSA) is 34.0 Å². The van der Waals surface area contributed by atoms with Crippen LogP contribution in [0.25, 0.3) is 10.9 Å². The standard InChI is InChI=1S/C25H23FN2O/c1-28-17-23(21-9-5-6-10-24(21)28)22(19-11-13-20(26)14-12-19)15-25(29)27-16-18-7-3-2-4-8-18/h2-14,17,22H,15-16H2,1H3,(H,27,29)/t22-/m0/s1. The van der Waals surface area contributed by atoms with Gasteiger partial charge in [-0.1, -0.05) is 60.7 Å². The van der Waals surface area contributed by atoms with Crippen molar-refractivity contribution in [3.63, 3.8) is 0 Å². The third kappa shape index (κ3) is 4.21. The monoisotopic (exact) mass is 386 g/mol. The van der Waals surface area contributed by atoms with Crippen molar-refractivity contribution in [3.05, 3.63) is 108 Å². The number of benzene rings is 3. The molecule has 0 bridgehead atoms. The van der Waals surface area contributed by atoms with Crippen LogP contribution in [0.4, 0.5) is 4.39 Å². The zero-order valence-corrected chi connectivity index (χ0v) is 16.3. The van der Waals surface area contributed by atoms with Crippen molar-refractivity contribution in [2.24, 2.45) is 7.05 Å². The molecule has 0 spiro atoms. The first-order chi connectivity index (χ1) is 14.1. The van der Waals surface area contributed by atoms with E-state index in [2.05, 4.69) is 28.2 Å². The molecule has 0 radical (unpaired) electrons. The quantitative estimate of drug-likeness (QED) is 0.488. The second-order valence-corrected chi connectivity index (χ2v) is 7.28. The Labute approximate surface area is 169 Å². The van der Waals surface area contributed by atoms with Crippen LogP contribution in [0.3, 0.4) is 0 Å². The molecule has 4 heteroatoms. The first kappa shape index (κ1) is 18.9. The molecule has 3 aromatic carbocycles. The number of carbonyl (C=O) groups is 1. The average molecular weight is 386 g/mol. The first-order valence-electron chi connectivity index (χ1n) is 9.72. The summed E-state index contributed by atoms with van der Waals surface area (Å²) in [6, 6.07) is 24.4. The van der Waals surface area contributed by atoms with E-state index in [1.54, 1.807) is 12.1 Å². The number of fused-ring (bicyclic) bond motifs is 1. The highest BCUT2D eigenvalue weighted by molar-refractivity contribution is 5.86. The van der Waals surface area contributed by atoms with E-state index in [0.717, 1.165) is 27.6 Å². The van der Waals surface area contributed by atoms with E-state index in [9.17, 15) is 9.18 Å². The summed E-state index contributed by atoms with van der Waals surface area (Å²) < 4.78 is 15.6. The molecule has 4 aromatic rings. The summed E-state index contributed by atoms with van der Waals surface area (Å²) in [6.07, 6.45) is 2.37. The lowest BCUT2D eigenvalue weighted by atomic mass is 9.88. The van der Waals surface area contributed by atoms with Crippen LogP contribution in [0.1, 0.15) is 29.0 Å². The van der Waals surface area contributed by atoms with Gasteiger partial charge in [0.15, 0.2) is 0 Å². The maximum atomic E-state index is 13.5. The predicted molar refractivity (Wildman–Crippen MR) is 114 cm³/mol. The number of aryl methyl sites for hydroxylation is 1. The number of rotatable bonds is 6. The van der Waals surface area contributed by atoms with Crippen molar-refractivity contribution >= 4 is 16.8 Å². The van der Waals surface area contributed by atoms with Crippen molar-refractivity contribution in [3.8, 4) is 0 Å². The molecule has 1 amide bonds. The van der Waals surface area contributed by atoms with Gasteiger partial charge in [0.05, 0.1) is 0 Å². The molecule has 29 heavy (non-hydrogen) atoms. The number of hydrogen-bond donors (Lipinski definition) is 1. The molecule has 0 saturated carbocycles. The van der Waals surface area contributed by atoms with Gasteiger partial charge < -0.3 is 9.88 Å². The van der Waals surface area contributed by atoms with Gasteiger partial charge in [-0.2, -0.15) is 0 Å². The van der Waals surface area contributed by atoms with Crippen molar-refractivity contribution in [2.45, 2.75) is 18.9 Å². The fourth-order valence-electron chi connectivity index (χ4n) is 3.81. The van der Waals surface area contributed by atoms with E-state index in [-0.39, 0.29) is 17.6 Å². The van der Waals surface area contributed by atoms with Gasteiger partial charge in [0, 0.05) is 43.0 Å². The number of carbonyl (C=O) groups excluding carboxylic acids is 1. The molecule has 1 heterocycles. The van der Waals surface area contributed by atoms with Gasteiger partial charge in [-0.15, -0.1) is 0 Å². The number of nitrogens with zero attached hydrogens (tertiary/aromatic N) is 1. The number of aromatic nitrogens is 1. The summed E-state index contributed by atoms with van der Waals surface area (Å²) >= 11 is 0. The maximum Gasteiger partial charge on any atom is 0.221 e. The zero-order chi connectivity index (χ0) is 20.2. The fraction of sp³-hybridized carbons (Fsp3) is 0.160. The second-order valence-electron chi connectivity index (χ2n) is 7.28. The van der Waals surface area contributed by atoms with Gasteiger partial charge in [-0.3, -0.25) is 4.79 Å². The Kier molecular flexibility index (Phi) is 5.43. The van der Waals surface area contributed by atoms with E-state index in [1.807, 2.05) is 49.5 Å². The Balaban J connectivity index is 1.63. The van der Waals surface area contributed by atoms with Crippen LogP contribution in [0.2, 0.25) is 0 Å². The Morgan fingerprint density at radius 2 is 1.66 bits per heavy atom.